The SMILES string of the molecule is [C-]#[N+]c1cc2c3c(ccc4c5c(C#N)cc6c7c(ccc(c1c34)c75)C(=O)N([C@H](CCCC)C(F)(F)F)C6=O)C(=O)N([C@@H](C)CCCC)C2=O. The van der Waals surface area contributed by atoms with E-state index < -0.39 is 42.3 Å². The number of rotatable bonds is 8. The topological polar surface area (TPSA) is 103 Å². The summed E-state index contributed by atoms with van der Waals surface area (Å²) in [5.41, 5.74) is 0.182. The number of amides is 4. The Morgan fingerprint density at radius 2 is 1.24 bits per heavy atom. The first-order valence-corrected chi connectivity index (χ1v) is 16.3. The molecule has 0 aliphatic carbocycles. The van der Waals surface area contributed by atoms with Crippen LogP contribution in [0.25, 0.3) is 47.9 Å². The van der Waals surface area contributed by atoms with Gasteiger partial charge in [-0.1, -0.05) is 51.7 Å². The lowest BCUT2D eigenvalue weighted by Crippen LogP contribution is -2.53. The van der Waals surface area contributed by atoms with Crippen molar-refractivity contribution in [2.75, 3.05) is 0 Å². The van der Waals surface area contributed by atoms with Crippen LogP contribution in [0, 0.1) is 17.9 Å². The van der Waals surface area contributed by atoms with Gasteiger partial charge in [0.25, 0.3) is 23.6 Å². The quantitative estimate of drug-likeness (QED) is 0.0714. The van der Waals surface area contributed by atoms with Gasteiger partial charge >= 0.3 is 6.18 Å². The van der Waals surface area contributed by atoms with Gasteiger partial charge in [-0.25, -0.2) is 4.85 Å². The van der Waals surface area contributed by atoms with Gasteiger partial charge in [-0.05, 0) is 71.0 Å². The zero-order chi connectivity index (χ0) is 35.1. The van der Waals surface area contributed by atoms with E-state index in [-0.39, 0.29) is 61.6 Å². The lowest BCUT2D eigenvalue weighted by molar-refractivity contribution is -0.173. The number of halogens is 3. The molecule has 0 unspecified atom stereocenters. The van der Waals surface area contributed by atoms with Crippen molar-refractivity contribution >= 4 is 72.4 Å². The van der Waals surface area contributed by atoms with Gasteiger partial charge in [0.1, 0.15) is 6.04 Å². The number of unbranched alkanes of at least 4 members (excludes halogenated alkanes) is 2. The summed E-state index contributed by atoms with van der Waals surface area (Å²) in [4.78, 5) is 61.0. The molecule has 2 atom stereocenters. The van der Waals surface area contributed by atoms with Crippen LogP contribution in [0.3, 0.4) is 0 Å². The first-order valence-electron chi connectivity index (χ1n) is 16.3. The van der Waals surface area contributed by atoms with Crippen LogP contribution in [0.15, 0.2) is 36.4 Å². The second kappa shape index (κ2) is 11.3. The molecule has 5 aromatic rings. The van der Waals surface area contributed by atoms with Crippen molar-refractivity contribution in [3.63, 3.8) is 0 Å². The van der Waals surface area contributed by atoms with Crippen LogP contribution in [-0.4, -0.2) is 51.7 Å². The van der Waals surface area contributed by atoms with Crippen molar-refractivity contribution in [3.8, 4) is 6.07 Å². The van der Waals surface area contributed by atoms with Gasteiger partial charge < -0.3 is 0 Å². The van der Waals surface area contributed by atoms with Crippen molar-refractivity contribution in [2.24, 2.45) is 0 Å². The second-order valence-electron chi connectivity index (χ2n) is 12.9. The summed E-state index contributed by atoms with van der Waals surface area (Å²) in [6.07, 6.45) is -2.47. The number of fused-ring (bicyclic) bond motifs is 2. The van der Waals surface area contributed by atoms with Crippen molar-refractivity contribution in [1.82, 2.24) is 9.80 Å². The molecule has 4 amide bonds. The lowest BCUT2D eigenvalue weighted by atomic mass is 9.80. The largest absolute Gasteiger partial charge is 0.409 e. The fourth-order valence-corrected chi connectivity index (χ4v) is 7.81. The van der Waals surface area contributed by atoms with Crippen LogP contribution >= 0.6 is 0 Å². The minimum atomic E-state index is -4.88. The molecule has 7 rings (SSSR count). The number of carbonyl (C=O) groups is 4. The minimum absolute atomic E-state index is 0.0281. The highest BCUT2D eigenvalue weighted by molar-refractivity contribution is 6.43. The van der Waals surface area contributed by atoms with Gasteiger partial charge in [0, 0.05) is 38.9 Å². The minimum Gasteiger partial charge on any atom is -0.272 e. The zero-order valence-corrected chi connectivity index (χ0v) is 26.9. The maximum absolute atomic E-state index is 14.4. The van der Waals surface area contributed by atoms with Gasteiger partial charge in [-0.2, -0.15) is 18.4 Å². The molecule has 0 spiro atoms. The van der Waals surface area contributed by atoms with Crippen LogP contribution in [0.4, 0.5) is 18.9 Å². The van der Waals surface area contributed by atoms with E-state index in [0.717, 1.165) is 12.8 Å². The lowest BCUT2D eigenvalue weighted by Gasteiger charge is -2.35. The van der Waals surface area contributed by atoms with Crippen molar-refractivity contribution < 1.29 is 32.3 Å². The van der Waals surface area contributed by atoms with Gasteiger partial charge in [0.15, 0.2) is 5.69 Å². The van der Waals surface area contributed by atoms with Crippen LogP contribution in [0.2, 0.25) is 0 Å². The number of hydrogen-bond donors (Lipinski definition) is 0. The molecule has 0 aromatic heterocycles. The molecule has 2 aliphatic rings. The Balaban J connectivity index is 1.57. The molecule has 2 aliphatic heterocycles. The van der Waals surface area contributed by atoms with E-state index in [4.69, 9.17) is 6.57 Å². The fourth-order valence-electron chi connectivity index (χ4n) is 7.81. The molecular formula is C38H29F3N4O4. The molecule has 0 bridgehead atoms. The van der Waals surface area contributed by atoms with Gasteiger partial charge in [-0.3, -0.25) is 29.0 Å². The van der Waals surface area contributed by atoms with Gasteiger partial charge in [0.2, 0.25) is 0 Å². The van der Waals surface area contributed by atoms with Crippen LogP contribution in [0.5, 0.6) is 0 Å². The maximum atomic E-state index is 14.4. The predicted octanol–water partition coefficient (Wildman–Crippen LogP) is 9.05. The summed E-state index contributed by atoms with van der Waals surface area (Å²) < 4.78 is 43.1. The molecule has 0 N–H and O–H groups in total. The molecule has 0 saturated heterocycles. The fraction of sp³-hybridized carbons (Fsp3) is 0.316. The Labute approximate surface area is 278 Å². The number of benzene rings is 5. The molecule has 0 fully saturated rings. The number of nitrogens with zero attached hydrogens (tertiary/aromatic N) is 4. The van der Waals surface area contributed by atoms with E-state index in [1.807, 2.05) is 13.8 Å². The molecule has 49 heavy (non-hydrogen) atoms. The third-order valence-corrected chi connectivity index (χ3v) is 10.1. The molecule has 5 aromatic carbocycles. The average Bonchev–Trinajstić information content (AvgIpc) is 3.08. The Morgan fingerprint density at radius 1 is 0.735 bits per heavy atom. The van der Waals surface area contributed by atoms with Crippen LogP contribution in [0.1, 0.15) is 106 Å². The summed E-state index contributed by atoms with van der Waals surface area (Å²) in [6, 6.07) is 8.13. The van der Waals surface area contributed by atoms with E-state index in [1.165, 1.54) is 29.2 Å². The Morgan fingerprint density at radius 3 is 1.82 bits per heavy atom. The van der Waals surface area contributed by atoms with Crippen molar-refractivity contribution in [2.45, 2.75) is 77.6 Å². The molecule has 0 saturated carbocycles. The summed E-state index contributed by atoms with van der Waals surface area (Å²) in [5.74, 6) is -3.23. The Bertz CT molecular complexity index is 2400. The van der Waals surface area contributed by atoms with E-state index >= 15 is 0 Å². The second-order valence-corrected chi connectivity index (χ2v) is 12.9. The number of carbonyl (C=O) groups excluding carboxylic acids is 4. The smallest absolute Gasteiger partial charge is 0.272 e. The van der Waals surface area contributed by atoms with Gasteiger partial charge in [-0.15, -0.1) is 0 Å². The molecule has 8 nitrogen and oxygen atoms in total. The van der Waals surface area contributed by atoms with Crippen molar-refractivity contribution in [3.05, 3.63) is 75.6 Å². The average molecular weight is 663 g/mol. The number of hydrogen-bond acceptors (Lipinski definition) is 5. The summed E-state index contributed by atoms with van der Waals surface area (Å²) in [7, 11) is 0. The highest BCUT2D eigenvalue weighted by atomic mass is 19.4. The van der Waals surface area contributed by atoms with E-state index in [9.17, 15) is 37.6 Å². The van der Waals surface area contributed by atoms with Crippen LogP contribution in [-0.2, 0) is 0 Å². The van der Waals surface area contributed by atoms with E-state index in [2.05, 4.69) is 10.9 Å². The third kappa shape index (κ3) is 4.34. The molecule has 11 heteroatoms. The maximum Gasteiger partial charge on any atom is 0.409 e. The number of alkyl halides is 3. The van der Waals surface area contributed by atoms with E-state index in [1.54, 1.807) is 19.1 Å². The molecule has 2 heterocycles. The monoisotopic (exact) mass is 662 g/mol. The Hall–Kier alpha value is -5.55. The summed E-state index contributed by atoms with van der Waals surface area (Å²) in [6.45, 7) is 13.7. The van der Waals surface area contributed by atoms with E-state index in [0.29, 0.717) is 45.2 Å². The third-order valence-electron chi connectivity index (χ3n) is 10.1. The normalized spacial score (nSPS) is 15.9. The standard InChI is InChI=1S/C38H29F3N4O4/c1-5-7-9-18(3)44-34(46)22-13-11-20-28-19(17-42)15-24-29-23(35(47)45(37(24)49)27(10-8-6-2)38(39,40)41)14-12-21(32(28)29)31-26(43-4)16-25(36(44)48)30(22)33(20)31/h11-16,18,27H,5-10H2,1-3H3/t18-,27+/m0/s1. The number of nitriles is 1. The predicted molar refractivity (Wildman–Crippen MR) is 178 cm³/mol. The molecule has 246 valence electrons. The first-order chi connectivity index (χ1) is 23.4. The van der Waals surface area contributed by atoms with Crippen LogP contribution < -0.4 is 0 Å². The number of imide groups is 2. The Kier molecular flexibility index (Phi) is 7.36. The molecular weight excluding hydrogens is 633 g/mol. The summed E-state index contributed by atoms with van der Waals surface area (Å²) in [5, 5.41) is 13.0. The molecule has 0 radical (unpaired) electrons. The highest BCUT2D eigenvalue weighted by Crippen LogP contribution is 2.51. The highest BCUT2D eigenvalue weighted by Gasteiger charge is 2.50. The van der Waals surface area contributed by atoms with Crippen molar-refractivity contribution in [1.29, 1.82) is 5.26 Å². The first kappa shape index (κ1) is 32.0. The summed E-state index contributed by atoms with van der Waals surface area (Å²) >= 11 is 0. The van der Waals surface area contributed by atoms with Gasteiger partial charge in [0.05, 0.1) is 23.8 Å². The zero-order valence-electron chi connectivity index (χ0n) is 26.9.